The lowest BCUT2D eigenvalue weighted by Gasteiger charge is -2.37. The number of benzene rings is 3. The van der Waals surface area contributed by atoms with Crippen molar-refractivity contribution in [2.45, 2.75) is 58.7 Å². The lowest BCUT2D eigenvalue weighted by Crippen LogP contribution is -2.56. The zero-order valence-electron chi connectivity index (χ0n) is 28.3. The minimum Gasteiger partial charge on any atom is -0.508 e. The molecule has 1 heterocycles. The highest BCUT2D eigenvalue weighted by atomic mass is 16.7. The minimum atomic E-state index is -1.02. The van der Waals surface area contributed by atoms with E-state index in [4.69, 9.17) is 9.47 Å². The van der Waals surface area contributed by atoms with Crippen molar-refractivity contribution in [1.29, 1.82) is 0 Å². The number of hydrogen-bond donors (Lipinski definition) is 4. The second-order valence-electron chi connectivity index (χ2n) is 11.5. The van der Waals surface area contributed by atoms with E-state index in [0.717, 1.165) is 16.7 Å². The summed E-state index contributed by atoms with van der Waals surface area (Å²) in [6.45, 7) is 6.50. The van der Waals surface area contributed by atoms with Crippen LogP contribution in [0.15, 0.2) is 85.2 Å². The van der Waals surface area contributed by atoms with Gasteiger partial charge < -0.3 is 30.1 Å². The van der Waals surface area contributed by atoms with Crippen molar-refractivity contribution in [2.24, 2.45) is 0 Å². The molecule has 4 N–H and O–H groups in total. The predicted octanol–water partition coefficient (Wildman–Crippen LogP) is 3.53. The second kappa shape index (κ2) is 18.4. The molecule has 13 nitrogen and oxygen atoms in total. The number of hydrogen-bond acceptors (Lipinski definition) is 9. The number of aromatic hydroxyl groups is 1. The third-order valence-corrected chi connectivity index (χ3v) is 7.73. The van der Waals surface area contributed by atoms with Crippen LogP contribution < -0.4 is 16.1 Å². The molecular formula is C36H45N7O6. The first-order valence-corrected chi connectivity index (χ1v) is 16.3. The number of carbonyl (C=O) groups excluding carboxylic acids is 3. The molecule has 0 saturated heterocycles. The second-order valence-corrected chi connectivity index (χ2v) is 11.5. The fraction of sp³-hybridized carbons (Fsp3) is 0.361. The fourth-order valence-electron chi connectivity index (χ4n) is 5.34. The van der Waals surface area contributed by atoms with Crippen LogP contribution in [-0.2, 0) is 38.6 Å². The Morgan fingerprint density at radius 3 is 2.27 bits per heavy atom. The predicted molar refractivity (Wildman–Crippen MR) is 185 cm³/mol. The quantitative estimate of drug-likeness (QED) is 0.0974. The summed E-state index contributed by atoms with van der Waals surface area (Å²) >= 11 is 0. The first-order chi connectivity index (χ1) is 23.7. The van der Waals surface area contributed by atoms with Crippen LogP contribution in [0.4, 0.5) is 4.79 Å². The average molecular weight is 672 g/mol. The SMILES string of the molecule is CCOC(OCC)[C@H](C)N(Cc1cccc2nccnc12)C(=O)[C@H](Cc1ccc(O)cc1)NC(=O)CN(C)NC(=O)NCc1ccccc1. The molecule has 0 radical (unpaired) electrons. The van der Waals surface area contributed by atoms with Crippen LogP contribution >= 0.6 is 0 Å². The van der Waals surface area contributed by atoms with Crippen LogP contribution in [0, 0.1) is 0 Å². The van der Waals surface area contributed by atoms with Crippen LogP contribution in [0.25, 0.3) is 11.0 Å². The molecule has 0 unspecified atom stereocenters. The standard InChI is InChI=1S/C36H45N7O6/c1-5-48-35(49-6-2)25(3)43(23-28-13-10-14-30-33(28)38-20-19-37-30)34(46)31(21-26-15-17-29(44)18-16-26)40-32(45)24-42(4)41-36(47)39-22-27-11-8-7-9-12-27/h7-20,25,31,35,44H,5-6,21-24H2,1-4H3,(H,40,45)(H2,39,41,47)/t25-,31-/m0/s1. The average Bonchev–Trinajstić information content (AvgIpc) is 3.10. The Labute approximate surface area is 286 Å². The molecule has 0 bridgehead atoms. The molecule has 4 rings (SSSR count). The highest BCUT2D eigenvalue weighted by molar-refractivity contribution is 5.89. The number of nitrogens with zero attached hydrogens (tertiary/aromatic N) is 4. The summed E-state index contributed by atoms with van der Waals surface area (Å²) in [5.41, 5.74) is 6.37. The van der Waals surface area contributed by atoms with Gasteiger partial charge in [-0.15, -0.1) is 0 Å². The molecule has 0 aliphatic heterocycles. The largest absolute Gasteiger partial charge is 0.508 e. The van der Waals surface area contributed by atoms with E-state index in [2.05, 4.69) is 26.0 Å². The van der Waals surface area contributed by atoms with Gasteiger partial charge in [-0.1, -0.05) is 54.6 Å². The van der Waals surface area contributed by atoms with Gasteiger partial charge in [-0.05, 0) is 55.7 Å². The molecule has 0 spiro atoms. The number of ether oxygens (including phenoxy) is 2. The zero-order valence-corrected chi connectivity index (χ0v) is 28.3. The molecule has 1 aromatic heterocycles. The molecule has 260 valence electrons. The van der Waals surface area contributed by atoms with Crippen molar-refractivity contribution in [3.63, 3.8) is 0 Å². The molecule has 4 aromatic rings. The van der Waals surface area contributed by atoms with Crippen LogP contribution in [-0.4, -0.2) is 88.0 Å². The Bertz CT molecular complexity index is 1650. The van der Waals surface area contributed by atoms with Gasteiger partial charge in [-0.3, -0.25) is 25.0 Å². The number of hydrazine groups is 1. The van der Waals surface area contributed by atoms with Crippen molar-refractivity contribution in [3.05, 3.63) is 102 Å². The smallest absolute Gasteiger partial charge is 0.329 e. The normalized spacial score (nSPS) is 12.4. The van der Waals surface area contributed by atoms with Gasteiger partial charge in [0.05, 0.1) is 23.6 Å². The van der Waals surface area contributed by atoms with Gasteiger partial charge in [-0.25, -0.2) is 9.80 Å². The number of amides is 4. The number of aromatic nitrogens is 2. The topological polar surface area (TPSA) is 158 Å². The first-order valence-electron chi connectivity index (χ1n) is 16.3. The van der Waals surface area contributed by atoms with Gasteiger partial charge in [0.2, 0.25) is 11.8 Å². The number of urea groups is 1. The maximum atomic E-state index is 14.6. The van der Waals surface area contributed by atoms with E-state index in [9.17, 15) is 19.5 Å². The molecule has 0 fully saturated rings. The number of rotatable bonds is 17. The summed E-state index contributed by atoms with van der Waals surface area (Å²) in [5, 5.41) is 16.8. The summed E-state index contributed by atoms with van der Waals surface area (Å²) in [4.78, 5) is 51.2. The van der Waals surface area contributed by atoms with E-state index < -0.39 is 30.3 Å². The summed E-state index contributed by atoms with van der Waals surface area (Å²) in [6, 6.07) is 19.4. The fourth-order valence-corrected chi connectivity index (χ4v) is 5.34. The molecule has 3 aromatic carbocycles. The number of phenols is 1. The molecule has 0 aliphatic rings. The van der Waals surface area contributed by atoms with Gasteiger partial charge in [0.1, 0.15) is 11.8 Å². The van der Waals surface area contributed by atoms with E-state index in [-0.39, 0.29) is 31.2 Å². The van der Waals surface area contributed by atoms with Gasteiger partial charge in [-0.2, -0.15) is 0 Å². The monoisotopic (exact) mass is 671 g/mol. The molecule has 13 heteroatoms. The third-order valence-electron chi connectivity index (χ3n) is 7.73. The Hall–Kier alpha value is -5.11. The number of carbonyl (C=O) groups is 3. The van der Waals surface area contributed by atoms with Crippen molar-refractivity contribution < 1.29 is 29.0 Å². The van der Waals surface area contributed by atoms with Gasteiger partial charge in [0.15, 0.2) is 6.29 Å². The lowest BCUT2D eigenvalue weighted by molar-refractivity contribution is -0.179. The molecule has 0 aliphatic carbocycles. The summed E-state index contributed by atoms with van der Waals surface area (Å²) in [7, 11) is 1.56. The summed E-state index contributed by atoms with van der Waals surface area (Å²) < 4.78 is 11.8. The van der Waals surface area contributed by atoms with Crippen molar-refractivity contribution in [3.8, 4) is 5.75 Å². The Morgan fingerprint density at radius 1 is 0.878 bits per heavy atom. The van der Waals surface area contributed by atoms with E-state index >= 15 is 0 Å². The Balaban J connectivity index is 1.57. The van der Waals surface area contributed by atoms with Crippen molar-refractivity contribution in [2.75, 3.05) is 26.8 Å². The molecule has 49 heavy (non-hydrogen) atoms. The molecular weight excluding hydrogens is 626 g/mol. The number of fused-ring (bicyclic) bond motifs is 1. The van der Waals surface area contributed by atoms with E-state index in [1.807, 2.05) is 69.3 Å². The summed E-state index contributed by atoms with van der Waals surface area (Å²) in [6.07, 6.45) is 2.60. The minimum absolute atomic E-state index is 0.0810. The number of likely N-dealkylation sites (N-methyl/N-ethyl adjacent to an activating group) is 1. The van der Waals surface area contributed by atoms with Gasteiger partial charge >= 0.3 is 6.03 Å². The first kappa shape index (κ1) is 36.7. The maximum Gasteiger partial charge on any atom is 0.329 e. The molecule has 4 amide bonds. The number of para-hydroxylation sites is 1. The van der Waals surface area contributed by atoms with E-state index in [0.29, 0.717) is 30.8 Å². The molecule has 0 saturated carbocycles. The van der Waals surface area contributed by atoms with E-state index in [1.165, 1.54) is 17.1 Å². The zero-order chi connectivity index (χ0) is 35.2. The van der Waals surface area contributed by atoms with Crippen molar-refractivity contribution >= 4 is 28.9 Å². The number of nitrogens with one attached hydrogen (secondary N) is 3. The van der Waals surface area contributed by atoms with E-state index in [1.54, 1.807) is 36.5 Å². The van der Waals surface area contributed by atoms with Crippen LogP contribution in [0.2, 0.25) is 0 Å². The Morgan fingerprint density at radius 2 is 1.57 bits per heavy atom. The van der Waals surface area contributed by atoms with Gasteiger partial charge in [0.25, 0.3) is 0 Å². The van der Waals surface area contributed by atoms with Crippen molar-refractivity contribution in [1.82, 2.24) is 35.9 Å². The molecule has 2 atom stereocenters. The highest BCUT2D eigenvalue weighted by Crippen LogP contribution is 2.22. The maximum absolute atomic E-state index is 14.6. The third kappa shape index (κ3) is 11.0. The highest BCUT2D eigenvalue weighted by Gasteiger charge is 2.34. The van der Waals surface area contributed by atoms with Gasteiger partial charge in [0, 0.05) is 52.2 Å². The number of phenolic OH excluding ortho intramolecular Hbond substituents is 1. The lowest BCUT2D eigenvalue weighted by atomic mass is 10.0. The van der Waals surface area contributed by atoms with Crippen LogP contribution in [0.5, 0.6) is 5.75 Å². The van der Waals surface area contributed by atoms with Crippen LogP contribution in [0.1, 0.15) is 37.5 Å². The summed E-state index contributed by atoms with van der Waals surface area (Å²) in [5.74, 6) is -0.786. The Kier molecular flexibility index (Phi) is 13.8. The van der Waals surface area contributed by atoms with Crippen LogP contribution in [0.3, 0.4) is 0 Å².